The van der Waals surface area contributed by atoms with Gasteiger partial charge in [-0.25, -0.2) is 13.4 Å². The largest absolute Gasteiger partial charge is 0.497 e. The summed E-state index contributed by atoms with van der Waals surface area (Å²) in [5.74, 6) is 0.979. The molecule has 4 rings (SSSR count). The van der Waals surface area contributed by atoms with E-state index in [0.29, 0.717) is 22.9 Å². The van der Waals surface area contributed by atoms with Crippen molar-refractivity contribution in [2.24, 2.45) is 7.05 Å². The van der Waals surface area contributed by atoms with Crippen molar-refractivity contribution in [3.63, 3.8) is 0 Å². The Hall–Kier alpha value is -3.30. The summed E-state index contributed by atoms with van der Waals surface area (Å²) in [5, 5.41) is 2.72. The van der Waals surface area contributed by atoms with Crippen LogP contribution in [0.15, 0.2) is 64.9 Å². The molecule has 0 aliphatic carbocycles. The Morgan fingerprint density at radius 2 is 1.66 bits per heavy atom. The van der Waals surface area contributed by atoms with Crippen molar-refractivity contribution in [2.45, 2.75) is 11.8 Å². The molecule has 0 atom stereocenters. The van der Waals surface area contributed by atoms with Crippen molar-refractivity contribution in [1.29, 1.82) is 0 Å². The van der Waals surface area contributed by atoms with Crippen LogP contribution in [0.1, 0.15) is 5.69 Å². The van der Waals surface area contributed by atoms with E-state index in [9.17, 15) is 8.42 Å². The second-order valence-corrected chi connectivity index (χ2v) is 9.66. The van der Waals surface area contributed by atoms with E-state index in [-0.39, 0.29) is 4.90 Å². The molecule has 0 spiro atoms. The van der Waals surface area contributed by atoms with Crippen LogP contribution in [0.5, 0.6) is 11.5 Å². The second-order valence-electron chi connectivity index (χ2n) is 7.15. The number of nitrogens with one attached hydrogen (secondary N) is 1. The van der Waals surface area contributed by atoms with Crippen LogP contribution in [0.2, 0.25) is 0 Å². The standard InChI is InChI=1S/C23H23N3O4S2/c1-15-22(32(27,28)25-17-10-18(29-3)12-19(11-17)30-4)13-21(26(15)2)23-24-20(14-31-23)16-8-6-5-7-9-16/h5-14,25H,1-4H3. The first-order chi connectivity index (χ1) is 15.3. The fourth-order valence-corrected chi connectivity index (χ4v) is 5.57. The molecule has 0 fully saturated rings. The first kappa shape index (κ1) is 21.9. The maximum absolute atomic E-state index is 13.2. The van der Waals surface area contributed by atoms with E-state index in [1.165, 1.54) is 25.6 Å². The highest BCUT2D eigenvalue weighted by molar-refractivity contribution is 7.92. The molecular weight excluding hydrogens is 446 g/mol. The third-order valence-electron chi connectivity index (χ3n) is 5.17. The van der Waals surface area contributed by atoms with Crippen molar-refractivity contribution in [3.05, 3.63) is 65.7 Å². The van der Waals surface area contributed by atoms with E-state index in [4.69, 9.17) is 14.5 Å². The Morgan fingerprint density at radius 1 is 1.00 bits per heavy atom. The second kappa shape index (κ2) is 8.68. The molecule has 1 N–H and O–H groups in total. The molecule has 9 heteroatoms. The number of methoxy groups -OCH3 is 2. The summed E-state index contributed by atoms with van der Waals surface area (Å²) < 4.78 is 41.4. The molecule has 2 aromatic carbocycles. The number of nitrogens with zero attached hydrogens (tertiary/aromatic N) is 2. The number of hydrogen-bond donors (Lipinski definition) is 1. The van der Waals surface area contributed by atoms with Crippen molar-refractivity contribution in [2.75, 3.05) is 18.9 Å². The molecule has 0 unspecified atom stereocenters. The van der Waals surface area contributed by atoms with Gasteiger partial charge in [-0.3, -0.25) is 4.72 Å². The third-order valence-corrected chi connectivity index (χ3v) is 7.54. The highest BCUT2D eigenvalue weighted by Gasteiger charge is 2.24. The van der Waals surface area contributed by atoms with E-state index in [0.717, 1.165) is 22.0 Å². The molecule has 32 heavy (non-hydrogen) atoms. The lowest BCUT2D eigenvalue weighted by Crippen LogP contribution is -2.14. The van der Waals surface area contributed by atoms with Gasteiger partial charge in [-0.1, -0.05) is 30.3 Å². The minimum absolute atomic E-state index is 0.188. The molecule has 166 valence electrons. The normalized spacial score (nSPS) is 11.4. The highest BCUT2D eigenvalue weighted by Crippen LogP contribution is 2.34. The fourth-order valence-electron chi connectivity index (χ4n) is 3.36. The van der Waals surface area contributed by atoms with Crippen molar-refractivity contribution in [1.82, 2.24) is 9.55 Å². The van der Waals surface area contributed by atoms with E-state index >= 15 is 0 Å². The van der Waals surface area contributed by atoms with Crippen LogP contribution in [0.3, 0.4) is 0 Å². The Balaban J connectivity index is 1.69. The van der Waals surface area contributed by atoms with Crippen LogP contribution in [-0.4, -0.2) is 32.2 Å². The molecule has 0 amide bonds. The monoisotopic (exact) mass is 469 g/mol. The topological polar surface area (TPSA) is 82.5 Å². The van der Waals surface area contributed by atoms with Crippen LogP contribution < -0.4 is 14.2 Å². The quantitative estimate of drug-likeness (QED) is 0.414. The van der Waals surface area contributed by atoms with Crippen LogP contribution in [-0.2, 0) is 17.1 Å². The zero-order valence-electron chi connectivity index (χ0n) is 18.1. The average molecular weight is 470 g/mol. The lowest BCUT2D eigenvalue weighted by molar-refractivity contribution is 0.395. The van der Waals surface area contributed by atoms with Gasteiger partial charge in [0.25, 0.3) is 10.0 Å². The molecule has 0 saturated carbocycles. The predicted octanol–water partition coefficient (Wildman–Crippen LogP) is 4.94. The van der Waals surface area contributed by atoms with Gasteiger partial charge in [0, 0.05) is 41.9 Å². The van der Waals surface area contributed by atoms with Gasteiger partial charge in [-0.2, -0.15) is 0 Å². The van der Waals surface area contributed by atoms with Crippen molar-refractivity contribution < 1.29 is 17.9 Å². The summed E-state index contributed by atoms with van der Waals surface area (Å²) in [4.78, 5) is 4.92. The van der Waals surface area contributed by atoms with Crippen LogP contribution in [0.25, 0.3) is 22.0 Å². The first-order valence-corrected chi connectivity index (χ1v) is 12.1. The van der Waals surface area contributed by atoms with E-state index in [2.05, 4.69) is 4.72 Å². The van der Waals surface area contributed by atoms with Gasteiger partial charge in [0.05, 0.1) is 31.3 Å². The SMILES string of the molecule is COc1cc(NS(=O)(=O)c2cc(-c3nc(-c4ccccc4)cs3)n(C)c2C)cc(OC)c1. The molecule has 2 aromatic heterocycles. The molecule has 7 nitrogen and oxygen atoms in total. The van der Waals surface area contributed by atoms with Gasteiger partial charge >= 0.3 is 0 Å². The molecule has 0 bridgehead atoms. The molecular formula is C23H23N3O4S2. The summed E-state index contributed by atoms with van der Waals surface area (Å²) in [6, 6.07) is 16.4. The van der Waals surface area contributed by atoms with Gasteiger partial charge < -0.3 is 14.0 Å². The van der Waals surface area contributed by atoms with Gasteiger partial charge in [-0.15, -0.1) is 11.3 Å². The van der Waals surface area contributed by atoms with Gasteiger partial charge in [0.2, 0.25) is 0 Å². The minimum atomic E-state index is -3.85. The fraction of sp³-hybridized carbons (Fsp3) is 0.174. The number of ether oxygens (including phenoxy) is 2. The van der Waals surface area contributed by atoms with Crippen molar-refractivity contribution >= 4 is 27.0 Å². The van der Waals surface area contributed by atoms with Crippen LogP contribution >= 0.6 is 11.3 Å². The first-order valence-electron chi connectivity index (χ1n) is 9.76. The van der Waals surface area contributed by atoms with Gasteiger partial charge in [-0.05, 0) is 13.0 Å². The lowest BCUT2D eigenvalue weighted by Gasteiger charge is -2.11. The maximum atomic E-state index is 13.2. The Kier molecular flexibility index (Phi) is 5.94. The van der Waals surface area contributed by atoms with E-state index in [1.54, 1.807) is 31.2 Å². The molecule has 0 aliphatic heterocycles. The van der Waals surface area contributed by atoms with E-state index < -0.39 is 10.0 Å². The number of rotatable bonds is 7. The summed E-state index contributed by atoms with van der Waals surface area (Å²) in [7, 11) is 1.01. The summed E-state index contributed by atoms with van der Waals surface area (Å²) in [6.07, 6.45) is 0. The number of aromatic nitrogens is 2. The molecule has 0 saturated heterocycles. The van der Waals surface area contributed by atoms with Crippen LogP contribution in [0, 0.1) is 6.92 Å². The predicted molar refractivity (Wildman–Crippen MR) is 127 cm³/mol. The van der Waals surface area contributed by atoms with Crippen LogP contribution in [0.4, 0.5) is 5.69 Å². The summed E-state index contributed by atoms with van der Waals surface area (Å²) >= 11 is 1.48. The molecule has 0 aliphatic rings. The number of benzene rings is 2. The van der Waals surface area contributed by atoms with Crippen molar-refractivity contribution in [3.8, 4) is 33.5 Å². The highest BCUT2D eigenvalue weighted by atomic mass is 32.2. The maximum Gasteiger partial charge on any atom is 0.263 e. The Bertz CT molecular complexity index is 1340. The molecule has 0 radical (unpaired) electrons. The number of sulfonamides is 1. The zero-order valence-corrected chi connectivity index (χ0v) is 19.8. The number of hydrogen-bond acceptors (Lipinski definition) is 6. The minimum Gasteiger partial charge on any atom is -0.497 e. The van der Waals surface area contributed by atoms with Gasteiger partial charge in [0.1, 0.15) is 21.4 Å². The molecule has 4 aromatic rings. The van der Waals surface area contributed by atoms with Gasteiger partial charge in [0.15, 0.2) is 0 Å². The van der Waals surface area contributed by atoms with E-state index in [1.807, 2.05) is 47.3 Å². The number of anilines is 1. The Labute approximate surface area is 191 Å². The average Bonchev–Trinajstić information content (AvgIpc) is 3.39. The smallest absolute Gasteiger partial charge is 0.263 e. The molecule has 2 heterocycles. The third kappa shape index (κ3) is 4.21. The Morgan fingerprint density at radius 3 is 2.28 bits per heavy atom. The summed E-state index contributed by atoms with van der Waals surface area (Å²) in [5.41, 5.74) is 3.57. The zero-order chi connectivity index (χ0) is 22.9. The number of thiazole rings is 1. The summed E-state index contributed by atoms with van der Waals surface area (Å²) in [6.45, 7) is 1.77. The lowest BCUT2D eigenvalue weighted by atomic mass is 10.2.